The molecular formula is C14H11Cl3N4O2. The van der Waals surface area contributed by atoms with Crippen LogP contribution in [0.3, 0.4) is 0 Å². The molecule has 1 aromatic carbocycles. The van der Waals surface area contributed by atoms with Crippen molar-refractivity contribution in [1.82, 2.24) is 14.6 Å². The summed E-state index contributed by atoms with van der Waals surface area (Å²) < 4.78 is -0.286. The van der Waals surface area contributed by atoms with Crippen molar-refractivity contribution in [2.75, 3.05) is 0 Å². The molecule has 0 aliphatic rings. The molecule has 0 aliphatic carbocycles. The first-order valence-electron chi connectivity index (χ1n) is 6.67. The Bertz CT molecular complexity index is 972. The summed E-state index contributed by atoms with van der Waals surface area (Å²) in [6.45, 7) is 0. The van der Waals surface area contributed by atoms with E-state index in [1.807, 2.05) is 0 Å². The fourth-order valence-corrected chi connectivity index (χ4v) is 2.72. The van der Waals surface area contributed by atoms with Crippen molar-refractivity contribution >= 4 is 57.3 Å². The Morgan fingerprint density at radius 1 is 1.30 bits per heavy atom. The number of aromatic nitrogens is 3. The van der Waals surface area contributed by atoms with Crippen LogP contribution >= 0.6 is 34.8 Å². The number of hydrogen-bond donors (Lipinski definition) is 2. The van der Waals surface area contributed by atoms with E-state index in [9.17, 15) is 9.59 Å². The van der Waals surface area contributed by atoms with E-state index in [4.69, 9.17) is 40.5 Å². The standard InChI is InChI=1S/C14H11Cl3N4O2/c15-14(16,17)6-5-9-10(11(18)22)12-19-8-4-2-1-3-7(8)13(23)21(12)20-9/h1-4,20H,5-6H2,(H2,18,22). The average Bonchev–Trinajstić information content (AvgIpc) is 2.83. The lowest BCUT2D eigenvalue weighted by molar-refractivity contribution is 0.100. The number of rotatable bonds is 3. The number of fused-ring (bicyclic) bond motifs is 2. The zero-order valence-electron chi connectivity index (χ0n) is 11.6. The molecule has 3 rings (SSSR count). The van der Waals surface area contributed by atoms with E-state index in [1.54, 1.807) is 24.3 Å². The topological polar surface area (TPSA) is 93.3 Å². The third-order valence-electron chi connectivity index (χ3n) is 3.45. The fraction of sp³-hybridized carbons (Fsp3) is 0.214. The van der Waals surface area contributed by atoms with E-state index < -0.39 is 9.70 Å². The van der Waals surface area contributed by atoms with Gasteiger partial charge in [-0.15, -0.1) is 0 Å². The molecule has 2 heterocycles. The van der Waals surface area contributed by atoms with Crippen LogP contribution in [-0.2, 0) is 6.42 Å². The van der Waals surface area contributed by atoms with Crippen LogP contribution in [0.15, 0.2) is 29.1 Å². The van der Waals surface area contributed by atoms with Crippen molar-refractivity contribution < 1.29 is 4.79 Å². The molecule has 3 N–H and O–H groups in total. The highest BCUT2D eigenvalue weighted by Crippen LogP contribution is 2.32. The minimum Gasteiger partial charge on any atom is -0.365 e. The number of para-hydroxylation sites is 1. The Labute approximate surface area is 145 Å². The van der Waals surface area contributed by atoms with Crippen molar-refractivity contribution in [1.29, 1.82) is 0 Å². The number of alkyl halides is 3. The van der Waals surface area contributed by atoms with Crippen molar-refractivity contribution in [3.8, 4) is 0 Å². The predicted octanol–water partition coefficient (Wildman–Crippen LogP) is 2.58. The number of aryl methyl sites for hydroxylation is 1. The van der Waals surface area contributed by atoms with Gasteiger partial charge in [0.2, 0.25) is 0 Å². The fourth-order valence-electron chi connectivity index (χ4n) is 2.44. The predicted molar refractivity (Wildman–Crippen MR) is 90.4 cm³/mol. The first-order valence-corrected chi connectivity index (χ1v) is 7.80. The van der Waals surface area contributed by atoms with Crippen LogP contribution in [0.25, 0.3) is 16.6 Å². The molecule has 9 heteroatoms. The van der Waals surface area contributed by atoms with E-state index in [2.05, 4.69) is 10.1 Å². The van der Waals surface area contributed by atoms with E-state index in [-0.39, 0.29) is 29.6 Å². The first kappa shape index (κ1) is 16.1. The summed E-state index contributed by atoms with van der Waals surface area (Å²) >= 11 is 17.2. The summed E-state index contributed by atoms with van der Waals surface area (Å²) in [6, 6.07) is 6.84. The molecule has 1 amide bonds. The molecule has 6 nitrogen and oxygen atoms in total. The van der Waals surface area contributed by atoms with Crippen molar-refractivity contribution in [2.45, 2.75) is 16.6 Å². The highest BCUT2D eigenvalue weighted by atomic mass is 35.6. The maximum atomic E-state index is 12.5. The number of nitrogens with zero attached hydrogens (tertiary/aromatic N) is 2. The van der Waals surface area contributed by atoms with Gasteiger partial charge < -0.3 is 5.73 Å². The minimum absolute atomic E-state index is 0.127. The molecule has 3 aromatic rings. The van der Waals surface area contributed by atoms with Gasteiger partial charge in [-0.25, -0.2) is 9.50 Å². The SMILES string of the molecule is NC(=O)c1c(CCC(Cl)(Cl)Cl)[nH]n2c(=O)c3ccccc3nc12. The Hall–Kier alpha value is -1.76. The highest BCUT2D eigenvalue weighted by molar-refractivity contribution is 6.67. The minimum atomic E-state index is -1.48. The molecule has 120 valence electrons. The molecule has 0 atom stereocenters. The lowest BCUT2D eigenvalue weighted by Gasteiger charge is -2.09. The number of carbonyl (C=O) groups is 1. The summed E-state index contributed by atoms with van der Waals surface area (Å²) in [5.41, 5.74) is 6.30. The van der Waals surface area contributed by atoms with E-state index >= 15 is 0 Å². The van der Waals surface area contributed by atoms with Crippen molar-refractivity contribution in [3.05, 3.63) is 45.9 Å². The molecule has 23 heavy (non-hydrogen) atoms. The second kappa shape index (κ2) is 5.70. The van der Waals surface area contributed by atoms with Gasteiger partial charge >= 0.3 is 0 Å². The van der Waals surface area contributed by atoms with Crippen LogP contribution in [0, 0.1) is 0 Å². The highest BCUT2D eigenvalue weighted by Gasteiger charge is 2.24. The summed E-state index contributed by atoms with van der Waals surface area (Å²) in [5.74, 6) is -0.703. The zero-order chi connectivity index (χ0) is 16.8. The van der Waals surface area contributed by atoms with Crippen molar-refractivity contribution in [3.63, 3.8) is 0 Å². The zero-order valence-corrected chi connectivity index (χ0v) is 13.9. The maximum Gasteiger partial charge on any atom is 0.280 e. The van der Waals surface area contributed by atoms with Gasteiger partial charge in [0, 0.05) is 5.69 Å². The molecule has 2 aromatic heterocycles. The van der Waals surface area contributed by atoms with Crippen LogP contribution in [0.2, 0.25) is 0 Å². The van der Waals surface area contributed by atoms with E-state index in [1.165, 1.54) is 4.52 Å². The number of carbonyl (C=O) groups excluding carboxylic acids is 1. The molecule has 0 radical (unpaired) electrons. The number of aromatic amines is 1. The Morgan fingerprint density at radius 2 is 2.00 bits per heavy atom. The van der Waals surface area contributed by atoms with Crippen molar-refractivity contribution in [2.24, 2.45) is 5.73 Å². The van der Waals surface area contributed by atoms with Gasteiger partial charge in [-0.3, -0.25) is 14.7 Å². The molecule has 0 bridgehead atoms. The summed E-state index contributed by atoms with van der Waals surface area (Å²) in [7, 11) is 0. The molecule has 0 fully saturated rings. The Balaban J connectivity index is 2.27. The molecule has 0 saturated heterocycles. The summed E-state index contributed by atoms with van der Waals surface area (Å²) in [5, 5.41) is 3.27. The van der Waals surface area contributed by atoms with Gasteiger partial charge in [0.15, 0.2) is 9.44 Å². The van der Waals surface area contributed by atoms with Crippen LogP contribution in [-0.4, -0.2) is 24.3 Å². The second-order valence-electron chi connectivity index (χ2n) is 5.04. The number of primary amides is 1. The van der Waals surface area contributed by atoms with Crippen LogP contribution in [0.5, 0.6) is 0 Å². The largest absolute Gasteiger partial charge is 0.365 e. The number of nitrogens with two attached hydrogens (primary N) is 1. The number of amides is 1. The third kappa shape index (κ3) is 3.02. The molecule has 0 spiro atoms. The van der Waals surface area contributed by atoms with Gasteiger partial charge in [0.05, 0.1) is 10.9 Å². The monoisotopic (exact) mass is 372 g/mol. The van der Waals surface area contributed by atoms with E-state index in [0.717, 1.165) is 0 Å². The Morgan fingerprint density at radius 3 is 2.65 bits per heavy atom. The van der Waals surface area contributed by atoms with Gasteiger partial charge in [-0.2, -0.15) is 0 Å². The van der Waals surface area contributed by atoms with Gasteiger partial charge in [-0.1, -0.05) is 46.9 Å². The second-order valence-corrected chi connectivity index (χ2v) is 7.55. The maximum absolute atomic E-state index is 12.5. The number of H-pyrrole nitrogens is 1. The van der Waals surface area contributed by atoms with Crippen LogP contribution < -0.4 is 11.3 Å². The molecule has 0 aliphatic heterocycles. The Kier molecular flexibility index (Phi) is 4.00. The third-order valence-corrected chi connectivity index (χ3v) is 4.02. The van der Waals surface area contributed by atoms with Crippen LogP contribution in [0.4, 0.5) is 0 Å². The first-order chi connectivity index (χ1) is 10.8. The van der Waals surface area contributed by atoms with Gasteiger partial charge in [0.1, 0.15) is 5.56 Å². The lowest BCUT2D eigenvalue weighted by Crippen LogP contribution is -2.17. The lowest BCUT2D eigenvalue weighted by atomic mass is 10.1. The number of benzene rings is 1. The number of hydrogen-bond acceptors (Lipinski definition) is 3. The van der Waals surface area contributed by atoms with E-state index in [0.29, 0.717) is 16.6 Å². The molecular weight excluding hydrogens is 363 g/mol. The van der Waals surface area contributed by atoms with Gasteiger partial charge in [0.25, 0.3) is 11.5 Å². The summed E-state index contributed by atoms with van der Waals surface area (Å²) in [4.78, 5) is 28.7. The number of nitrogens with one attached hydrogen (secondary N) is 1. The summed E-state index contributed by atoms with van der Waals surface area (Å²) in [6.07, 6.45) is 0.382. The molecule has 0 unspecified atom stereocenters. The molecule has 0 saturated carbocycles. The van der Waals surface area contributed by atoms with Gasteiger partial charge in [-0.05, 0) is 25.0 Å². The van der Waals surface area contributed by atoms with Crippen LogP contribution in [0.1, 0.15) is 22.5 Å². The smallest absolute Gasteiger partial charge is 0.280 e. The normalized spacial score (nSPS) is 12.1. The average molecular weight is 374 g/mol. The quantitative estimate of drug-likeness (QED) is 0.691. The number of halogens is 3.